The Hall–Kier alpha value is -3.08. The van der Waals surface area contributed by atoms with Gasteiger partial charge in [0.1, 0.15) is 6.26 Å². The molecule has 0 unspecified atom stereocenters. The Bertz CT molecular complexity index is 930. The number of aliphatic imine (C=N–C) groups is 1. The smallest absolute Gasteiger partial charge is 0.363 e. The lowest BCUT2D eigenvalue weighted by Gasteiger charge is -2.20. The summed E-state index contributed by atoms with van der Waals surface area (Å²) in [6.07, 6.45) is 5.92. The molecule has 0 N–H and O–H groups in total. The first-order chi connectivity index (χ1) is 12.5. The van der Waals surface area contributed by atoms with Crippen LogP contribution in [0.25, 0.3) is 0 Å². The zero-order chi connectivity index (χ0) is 18.3. The first-order valence-electron chi connectivity index (χ1n) is 8.42. The Morgan fingerprint density at radius 3 is 2.69 bits per heavy atom. The third-order valence-corrected chi connectivity index (χ3v) is 4.73. The summed E-state index contributed by atoms with van der Waals surface area (Å²) in [7, 11) is 1.61. The van der Waals surface area contributed by atoms with Gasteiger partial charge in [-0.1, -0.05) is 32.0 Å². The molecule has 0 fully saturated rings. The number of methoxy groups -OCH3 is 1. The summed E-state index contributed by atoms with van der Waals surface area (Å²) in [5.41, 5.74) is 3.90. The number of carbonyl (C=O) groups is 1. The van der Waals surface area contributed by atoms with Crippen LogP contribution in [0.2, 0.25) is 0 Å². The second kappa shape index (κ2) is 6.02. The Balaban J connectivity index is 1.80. The number of fused-ring (bicyclic) bond motifs is 1. The minimum atomic E-state index is -0.444. The maximum atomic E-state index is 12.4. The van der Waals surface area contributed by atoms with E-state index in [1.807, 2.05) is 36.4 Å². The molecule has 0 atom stereocenters. The van der Waals surface area contributed by atoms with Gasteiger partial charge >= 0.3 is 5.97 Å². The first kappa shape index (κ1) is 16.4. The molecule has 5 heteroatoms. The minimum absolute atomic E-state index is 0.176. The fraction of sp³-hybridized carbons (Fsp3) is 0.238. The number of nitrogens with zero attached hydrogens (tertiary/aromatic N) is 1. The van der Waals surface area contributed by atoms with Gasteiger partial charge in [-0.05, 0) is 41.2 Å². The molecule has 0 bridgehead atoms. The predicted molar refractivity (Wildman–Crippen MR) is 96.8 cm³/mol. The Morgan fingerprint density at radius 1 is 1.19 bits per heavy atom. The summed E-state index contributed by atoms with van der Waals surface area (Å²) in [6, 6.07) is 9.39. The zero-order valence-corrected chi connectivity index (χ0v) is 14.9. The largest absolute Gasteiger partial charge is 0.493 e. The molecule has 0 saturated carbocycles. The van der Waals surface area contributed by atoms with Crippen molar-refractivity contribution in [2.24, 2.45) is 10.4 Å². The highest BCUT2D eigenvalue weighted by atomic mass is 16.6. The van der Waals surface area contributed by atoms with E-state index < -0.39 is 5.97 Å². The Kier molecular flexibility index (Phi) is 3.80. The van der Waals surface area contributed by atoms with Crippen LogP contribution in [-0.4, -0.2) is 19.0 Å². The van der Waals surface area contributed by atoms with E-state index in [9.17, 15) is 4.79 Å². The first-order valence-corrected chi connectivity index (χ1v) is 8.42. The number of allylic oxidation sites excluding steroid dienone is 3. The van der Waals surface area contributed by atoms with Gasteiger partial charge in [-0.2, -0.15) is 0 Å². The van der Waals surface area contributed by atoms with Crippen molar-refractivity contribution in [2.45, 2.75) is 20.3 Å². The molecule has 1 aromatic carbocycles. The van der Waals surface area contributed by atoms with Gasteiger partial charge in [0.2, 0.25) is 5.90 Å². The lowest BCUT2D eigenvalue weighted by Crippen LogP contribution is -2.10. The molecule has 26 heavy (non-hydrogen) atoms. The SMILES string of the molecule is COC1=COC=C2CC(C)(C)C(C=C3N=C(c4ccccc4)OC3=O)=C21. The van der Waals surface area contributed by atoms with Gasteiger partial charge < -0.3 is 14.2 Å². The highest BCUT2D eigenvalue weighted by Crippen LogP contribution is 2.50. The average molecular weight is 349 g/mol. The van der Waals surface area contributed by atoms with Crippen molar-refractivity contribution in [3.8, 4) is 0 Å². The molecule has 4 rings (SSSR count). The predicted octanol–water partition coefficient (Wildman–Crippen LogP) is 4.00. The number of cyclic esters (lactones) is 1. The molecule has 0 radical (unpaired) electrons. The summed E-state index contributed by atoms with van der Waals surface area (Å²) in [5.74, 6) is 0.534. The topological polar surface area (TPSA) is 57.1 Å². The zero-order valence-electron chi connectivity index (χ0n) is 14.9. The summed E-state index contributed by atoms with van der Waals surface area (Å²) < 4.78 is 16.2. The molecule has 0 spiro atoms. The van der Waals surface area contributed by atoms with Crippen LogP contribution < -0.4 is 0 Å². The van der Waals surface area contributed by atoms with Crippen molar-refractivity contribution < 1.29 is 19.0 Å². The maximum absolute atomic E-state index is 12.4. The van der Waals surface area contributed by atoms with E-state index in [2.05, 4.69) is 18.8 Å². The van der Waals surface area contributed by atoms with E-state index in [0.29, 0.717) is 17.4 Å². The van der Waals surface area contributed by atoms with Gasteiger partial charge in [0.25, 0.3) is 0 Å². The lowest BCUT2D eigenvalue weighted by molar-refractivity contribution is -0.130. The normalized spacial score (nSPS) is 22.3. The highest BCUT2D eigenvalue weighted by Gasteiger charge is 2.39. The van der Waals surface area contributed by atoms with Gasteiger partial charge in [0.15, 0.2) is 11.5 Å². The molecule has 132 valence electrons. The average Bonchev–Trinajstić information content (AvgIpc) is 3.13. The van der Waals surface area contributed by atoms with Crippen LogP contribution in [-0.2, 0) is 19.0 Å². The fourth-order valence-electron chi connectivity index (χ4n) is 3.47. The van der Waals surface area contributed by atoms with Gasteiger partial charge in [-0.3, -0.25) is 0 Å². The van der Waals surface area contributed by atoms with Crippen LogP contribution in [0.3, 0.4) is 0 Å². The molecular weight excluding hydrogens is 330 g/mol. The lowest BCUT2D eigenvalue weighted by atomic mass is 9.84. The van der Waals surface area contributed by atoms with Gasteiger partial charge in [-0.25, -0.2) is 9.79 Å². The number of hydrogen-bond acceptors (Lipinski definition) is 5. The van der Waals surface area contributed by atoms with E-state index in [1.165, 1.54) is 0 Å². The van der Waals surface area contributed by atoms with Crippen molar-refractivity contribution in [3.05, 3.63) is 82.7 Å². The molecule has 0 amide bonds. The number of benzene rings is 1. The summed E-state index contributed by atoms with van der Waals surface area (Å²) in [4.78, 5) is 16.8. The molecule has 0 saturated heterocycles. The van der Waals surface area contributed by atoms with Crippen LogP contribution in [0.1, 0.15) is 25.8 Å². The van der Waals surface area contributed by atoms with Gasteiger partial charge in [-0.15, -0.1) is 0 Å². The van der Waals surface area contributed by atoms with E-state index in [-0.39, 0.29) is 5.41 Å². The standard InChI is InChI=1S/C21H19NO4/c1-21(2)10-14-11-25-12-17(24-3)18(14)15(21)9-16-20(23)26-19(22-16)13-7-5-4-6-8-13/h4-9,11-12H,10H2,1-3H3. The molecule has 3 aliphatic rings. The van der Waals surface area contributed by atoms with Crippen LogP contribution in [0.15, 0.2) is 82.1 Å². The van der Waals surface area contributed by atoms with E-state index in [1.54, 1.807) is 19.6 Å². The minimum Gasteiger partial charge on any atom is -0.493 e. The summed E-state index contributed by atoms with van der Waals surface area (Å²) >= 11 is 0. The van der Waals surface area contributed by atoms with Crippen molar-refractivity contribution >= 4 is 11.9 Å². The molecule has 2 aliphatic heterocycles. The third-order valence-electron chi connectivity index (χ3n) is 4.73. The Labute approximate surface area is 152 Å². The van der Waals surface area contributed by atoms with Gasteiger partial charge in [0, 0.05) is 11.1 Å². The molecule has 0 aromatic heterocycles. The van der Waals surface area contributed by atoms with E-state index >= 15 is 0 Å². The van der Waals surface area contributed by atoms with E-state index in [0.717, 1.165) is 28.7 Å². The van der Waals surface area contributed by atoms with Crippen LogP contribution in [0, 0.1) is 5.41 Å². The highest BCUT2D eigenvalue weighted by molar-refractivity contribution is 6.11. The van der Waals surface area contributed by atoms with Crippen molar-refractivity contribution in [3.63, 3.8) is 0 Å². The van der Waals surface area contributed by atoms with Crippen LogP contribution in [0.4, 0.5) is 0 Å². The fourth-order valence-corrected chi connectivity index (χ4v) is 3.47. The Morgan fingerprint density at radius 2 is 1.96 bits per heavy atom. The monoisotopic (exact) mass is 349 g/mol. The van der Waals surface area contributed by atoms with Crippen molar-refractivity contribution in [1.82, 2.24) is 0 Å². The van der Waals surface area contributed by atoms with Crippen molar-refractivity contribution in [1.29, 1.82) is 0 Å². The number of ether oxygens (including phenoxy) is 3. The molecule has 1 aliphatic carbocycles. The summed E-state index contributed by atoms with van der Waals surface area (Å²) in [6.45, 7) is 4.25. The molecule has 2 heterocycles. The molecular formula is C21H19NO4. The number of esters is 1. The quantitative estimate of drug-likeness (QED) is 0.611. The number of rotatable bonds is 3. The molecule has 5 nitrogen and oxygen atoms in total. The molecule has 1 aromatic rings. The number of carbonyl (C=O) groups excluding carboxylic acids is 1. The van der Waals surface area contributed by atoms with Crippen LogP contribution in [0.5, 0.6) is 0 Å². The maximum Gasteiger partial charge on any atom is 0.363 e. The van der Waals surface area contributed by atoms with Gasteiger partial charge in [0.05, 0.1) is 13.4 Å². The summed E-state index contributed by atoms with van der Waals surface area (Å²) in [5, 5.41) is 0. The van der Waals surface area contributed by atoms with Crippen LogP contribution >= 0.6 is 0 Å². The van der Waals surface area contributed by atoms with E-state index in [4.69, 9.17) is 14.2 Å². The number of hydrogen-bond donors (Lipinski definition) is 0. The third kappa shape index (κ3) is 2.65. The second-order valence-corrected chi connectivity index (χ2v) is 7.02. The van der Waals surface area contributed by atoms with Crippen molar-refractivity contribution in [2.75, 3.05) is 7.11 Å². The second-order valence-electron chi connectivity index (χ2n) is 7.02.